The molecule has 0 bridgehead atoms. The number of nitrogens with two attached hydrogens (primary N) is 1. The average Bonchev–Trinajstić information content (AvgIpc) is 2.64. The first-order chi connectivity index (χ1) is 8.08. The molecule has 3 atom stereocenters. The van der Waals surface area contributed by atoms with E-state index >= 15 is 0 Å². The van der Waals surface area contributed by atoms with E-state index in [2.05, 4.69) is 0 Å². The molecule has 0 spiro atoms. The molecular formula is C12H20N2O3. The molecule has 1 heterocycles. The van der Waals surface area contributed by atoms with Crippen molar-refractivity contribution < 1.29 is 14.7 Å². The van der Waals surface area contributed by atoms with Crippen LogP contribution in [0.5, 0.6) is 0 Å². The molecule has 96 valence electrons. The molecule has 1 aliphatic carbocycles. The second-order valence-corrected chi connectivity index (χ2v) is 5.21. The number of rotatable bonds is 3. The summed E-state index contributed by atoms with van der Waals surface area (Å²) in [6.45, 7) is 1.00. The lowest BCUT2D eigenvalue weighted by Gasteiger charge is -2.31. The normalized spacial score (nSPS) is 34.1. The summed E-state index contributed by atoms with van der Waals surface area (Å²) in [6.07, 6.45) is 3.90. The molecule has 0 aromatic carbocycles. The summed E-state index contributed by atoms with van der Waals surface area (Å²) >= 11 is 0. The highest BCUT2D eigenvalue weighted by molar-refractivity contribution is 5.88. The highest BCUT2D eigenvalue weighted by atomic mass is 16.3. The van der Waals surface area contributed by atoms with Crippen molar-refractivity contribution in [3.8, 4) is 0 Å². The molecule has 5 heteroatoms. The Bertz CT molecular complexity index is 319. The smallest absolute Gasteiger partial charge is 0.223 e. The fourth-order valence-corrected chi connectivity index (χ4v) is 2.82. The summed E-state index contributed by atoms with van der Waals surface area (Å²) < 4.78 is 0. The monoisotopic (exact) mass is 240 g/mol. The van der Waals surface area contributed by atoms with Crippen LogP contribution in [0.1, 0.15) is 32.1 Å². The van der Waals surface area contributed by atoms with E-state index in [1.807, 2.05) is 0 Å². The van der Waals surface area contributed by atoms with Crippen molar-refractivity contribution in [2.75, 3.05) is 13.1 Å². The molecule has 0 radical (unpaired) electrons. The molecule has 2 aliphatic rings. The molecule has 17 heavy (non-hydrogen) atoms. The molecule has 2 fully saturated rings. The second kappa shape index (κ2) is 5.04. The number of nitrogens with zero attached hydrogens (tertiary/aromatic N) is 1. The van der Waals surface area contributed by atoms with Gasteiger partial charge in [0.25, 0.3) is 0 Å². The van der Waals surface area contributed by atoms with Crippen LogP contribution in [0, 0.1) is 11.8 Å². The third kappa shape index (κ3) is 2.77. The molecule has 3 unspecified atom stereocenters. The van der Waals surface area contributed by atoms with Gasteiger partial charge in [0.2, 0.25) is 11.8 Å². The van der Waals surface area contributed by atoms with Gasteiger partial charge in [0.1, 0.15) is 0 Å². The van der Waals surface area contributed by atoms with Crippen LogP contribution in [-0.2, 0) is 9.59 Å². The maximum absolute atomic E-state index is 11.7. The van der Waals surface area contributed by atoms with E-state index in [0.29, 0.717) is 13.1 Å². The van der Waals surface area contributed by atoms with Gasteiger partial charge < -0.3 is 15.7 Å². The van der Waals surface area contributed by atoms with E-state index in [-0.39, 0.29) is 30.3 Å². The molecular weight excluding hydrogens is 220 g/mol. The van der Waals surface area contributed by atoms with Crippen LogP contribution in [0.15, 0.2) is 0 Å². The van der Waals surface area contributed by atoms with Crippen molar-refractivity contribution in [2.45, 2.75) is 38.2 Å². The minimum atomic E-state index is -0.398. The van der Waals surface area contributed by atoms with Crippen LogP contribution in [0.4, 0.5) is 0 Å². The van der Waals surface area contributed by atoms with Gasteiger partial charge in [-0.2, -0.15) is 0 Å². The molecule has 0 aromatic rings. The van der Waals surface area contributed by atoms with Crippen LogP contribution in [0.2, 0.25) is 0 Å². The van der Waals surface area contributed by atoms with Gasteiger partial charge in [0.15, 0.2) is 0 Å². The van der Waals surface area contributed by atoms with Crippen molar-refractivity contribution in [2.24, 2.45) is 17.6 Å². The van der Waals surface area contributed by atoms with Gasteiger partial charge in [0, 0.05) is 25.4 Å². The predicted octanol–water partition coefficient (Wildman–Crippen LogP) is -0.129. The van der Waals surface area contributed by atoms with E-state index in [1.54, 1.807) is 4.90 Å². The summed E-state index contributed by atoms with van der Waals surface area (Å²) in [5.74, 6) is -0.584. The van der Waals surface area contributed by atoms with Crippen molar-refractivity contribution >= 4 is 11.8 Å². The van der Waals surface area contributed by atoms with Gasteiger partial charge >= 0.3 is 0 Å². The zero-order chi connectivity index (χ0) is 12.4. The van der Waals surface area contributed by atoms with Crippen LogP contribution < -0.4 is 5.73 Å². The SMILES string of the molecule is NC(=O)C1CC(=O)N(CC2CCCCC2O)C1. The summed E-state index contributed by atoms with van der Waals surface area (Å²) in [5, 5.41) is 9.86. The number of carbonyl (C=O) groups is 2. The lowest BCUT2D eigenvalue weighted by atomic mass is 9.86. The van der Waals surface area contributed by atoms with E-state index in [0.717, 1.165) is 25.7 Å². The van der Waals surface area contributed by atoms with E-state index in [1.165, 1.54) is 0 Å². The molecule has 1 aliphatic heterocycles. The number of hydrogen-bond acceptors (Lipinski definition) is 3. The van der Waals surface area contributed by atoms with Gasteiger partial charge in [0.05, 0.1) is 12.0 Å². The lowest BCUT2D eigenvalue weighted by molar-refractivity contribution is -0.129. The number of carbonyl (C=O) groups excluding carboxylic acids is 2. The summed E-state index contributed by atoms with van der Waals surface area (Å²) in [5.41, 5.74) is 5.22. The second-order valence-electron chi connectivity index (χ2n) is 5.21. The van der Waals surface area contributed by atoms with Crippen LogP contribution >= 0.6 is 0 Å². The first-order valence-electron chi connectivity index (χ1n) is 6.33. The van der Waals surface area contributed by atoms with Crippen LogP contribution in [0.25, 0.3) is 0 Å². The van der Waals surface area contributed by atoms with Gasteiger partial charge in [-0.15, -0.1) is 0 Å². The lowest BCUT2D eigenvalue weighted by Crippen LogP contribution is -2.38. The fraction of sp³-hybridized carbons (Fsp3) is 0.833. The minimum absolute atomic E-state index is 0.00780. The van der Waals surface area contributed by atoms with Crippen molar-refractivity contribution in [3.63, 3.8) is 0 Å². The van der Waals surface area contributed by atoms with E-state index in [4.69, 9.17) is 5.73 Å². The maximum Gasteiger partial charge on any atom is 0.223 e. The predicted molar refractivity (Wildman–Crippen MR) is 61.8 cm³/mol. The molecule has 3 N–H and O–H groups in total. The minimum Gasteiger partial charge on any atom is -0.393 e. The largest absolute Gasteiger partial charge is 0.393 e. The number of hydrogen-bond donors (Lipinski definition) is 2. The van der Waals surface area contributed by atoms with Gasteiger partial charge in [-0.1, -0.05) is 12.8 Å². The molecule has 1 saturated heterocycles. The number of aliphatic hydroxyl groups is 1. The Balaban J connectivity index is 1.90. The Labute approximate surface area is 101 Å². The van der Waals surface area contributed by atoms with Gasteiger partial charge in [-0.3, -0.25) is 9.59 Å². The van der Waals surface area contributed by atoms with Crippen molar-refractivity contribution in [1.29, 1.82) is 0 Å². The topological polar surface area (TPSA) is 83.6 Å². The number of amides is 2. The van der Waals surface area contributed by atoms with Gasteiger partial charge in [-0.25, -0.2) is 0 Å². The molecule has 5 nitrogen and oxygen atoms in total. The first kappa shape index (κ1) is 12.4. The number of likely N-dealkylation sites (tertiary alicyclic amines) is 1. The van der Waals surface area contributed by atoms with E-state index in [9.17, 15) is 14.7 Å². The van der Waals surface area contributed by atoms with Crippen molar-refractivity contribution in [1.82, 2.24) is 4.90 Å². The maximum atomic E-state index is 11.7. The Morgan fingerprint density at radius 1 is 1.41 bits per heavy atom. The standard InChI is InChI=1S/C12H20N2O3/c13-12(17)9-5-11(16)14(7-9)6-8-3-1-2-4-10(8)15/h8-10,15H,1-7H2,(H2,13,17). The highest BCUT2D eigenvalue weighted by Gasteiger charge is 2.35. The molecule has 2 amide bonds. The van der Waals surface area contributed by atoms with Crippen LogP contribution in [0.3, 0.4) is 0 Å². The number of primary amides is 1. The average molecular weight is 240 g/mol. The molecule has 1 saturated carbocycles. The van der Waals surface area contributed by atoms with E-state index < -0.39 is 5.91 Å². The fourth-order valence-electron chi connectivity index (χ4n) is 2.82. The third-order valence-electron chi connectivity index (χ3n) is 3.94. The Hall–Kier alpha value is -1.10. The molecule has 2 rings (SSSR count). The molecule has 0 aromatic heterocycles. The zero-order valence-corrected chi connectivity index (χ0v) is 9.97. The summed E-state index contributed by atoms with van der Waals surface area (Å²) in [4.78, 5) is 24.4. The Kier molecular flexibility index (Phi) is 3.66. The quantitative estimate of drug-likeness (QED) is 0.721. The Morgan fingerprint density at radius 3 is 2.71 bits per heavy atom. The number of aliphatic hydroxyl groups excluding tert-OH is 1. The third-order valence-corrected chi connectivity index (χ3v) is 3.94. The Morgan fingerprint density at radius 2 is 2.12 bits per heavy atom. The van der Waals surface area contributed by atoms with Crippen LogP contribution in [-0.4, -0.2) is 41.0 Å². The first-order valence-corrected chi connectivity index (χ1v) is 6.33. The summed E-state index contributed by atoms with van der Waals surface area (Å²) in [7, 11) is 0. The highest BCUT2D eigenvalue weighted by Crippen LogP contribution is 2.27. The summed E-state index contributed by atoms with van der Waals surface area (Å²) in [6, 6.07) is 0. The zero-order valence-electron chi connectivity index (χ0n) is 9.97. The van der Waals surface area contributed by atoms with Crippen molar-refractivity contribution in [3.05, 3.63) is 0 Å². The van der Waals surface area contributed by atoms with Gasteiger partial charge in [-0.05, 0) is 12.8 Å².